The van der Waals surface area contributed by atoms with Crippen molar-refractivity contribution < 1.29 is 49.0 Å². The van der Waals surface area contributed by atoms with E-state index in [4.69, 9.17) is 0 Å². The van der Waals surface area contributed by atoms with Crippen LogP contribution in [0, 0.1) is 19.9 Å². The molecule has 0 aliphatic heterocycles. The Kier molecular flexibility index (Phi) is 14.1. The van der Waals surface area contributed by atoms with Gasteiger partial charge in [0.1, 0.15) is 0 Å². The molecule has 0 saturated heterocycles. The molecule has 3 aromatic carbocycles. The number of benzene rings is 2. The molecule has 0 atom stereocenters. The maximum Gasteiger partial charge on any atom is -0.0632 e. The van der Waals surface area contributed by atoms with Gasteiger partial charge in [0.15, 0.2) is 0 Å². The minimum Gasteiger partial charge on any atom is -1.00 e. The Morgan fingerprint density at radius 3 is 1.81 bits per heavy atom. The summed E-state index contributed by atoms with van der Waals surface area (Å²) in [5.74, 6) is 0.675. The topological polar surface area (TPSA) is 0 Å². The third kappa shape index (κ3) is 10.3. The van der Waals surface area contributed by atoms with E-state index in [1.165, 1.54) is 53.3 Å². The van der Waals surface area contributed by atoms with Crippen LogP contribution in [0.5, 0.6) is 0 Å². The quantitative estimate of drug-likeness (QED) is 0.287. The molecule has 0 unspecified atom stereocenters. The Bertz CT molecular complexity index is 1100. The summed E-state index contributed by atoms with van der Waals surface area (Å²) in [6.07, 6.45) is 1.03. The van der Waals surface area contributed by atoms with Crippen LogP contribution >= 0.6 is 0 Å². The molecular formula is C34H46Cl2Zr-2. The summed E-state index contributed by atoms with van der Waals surface area (Å²) < 4.78 is 1.51. The molecule has 0 bridgehead atoms. The number of fused-ring (bicyclic) bond motifs is 3. The molecule has 0 radical (unpaired) electrons. The average Bonchev–Trinajstić information content (AvgIpc) is 3.24. The molecule has 0 heterocycles. The molecule has 0 spiro atoms. The molecule has 0 nitrogen and oxygen atoms in total. The van der Waals surface area contributed by atoms with Crippen molar-refractivity contribution in [2.75, 3.05) is 0 Å². The summed E-state index contributed by atoms with van der Waals surface area (Å²) in [7, 11) is 0. The van der Waals surface area contributed by atoms with Gasteiger partial charge in [0, 0.05) is 0 Å². The first kappa shape index (κ1) is 36.1. The molecule has 37 heavy (non-hydrogen) atoms. The van der Waals surface area contributed by atoms with Crippen molar-refractivity contribution >= 4 is 3.21 Å². The van der Waals surface area contributed by atoms with Gasteiger partial charge in [-0.05, 0) is 28.4 Å². The van der Waals surface area contributed by atoms with E-state index in [1.54, 1.807) is 24.2 Å². The Morgan fingerprint density at radius 1 is 0.865 bits per heavy atom. The SMILES string of the molecule is CC(C)(C)c1[c-]c2c(cc1)-c1ccc(C(C)(C)C)cc1C2.C[C](C)=[Zr+2].Cc1cc(C(C)C)c(C)[cH-]1.[Cl-].[Cl-]. The summed E-state index contributed by atoms with van der Waals surface area (Å²) in [5, 5.41) is 0. The zero-order chi connectivity index (χ0) is 26.7. The van der Waals surface area contributed by atoms with Crippen molar-refractivity contribution in [3.05, 3.63) is 87.5 Å². The molecule has 4 rings (SSSR count). The van der Waals surface area contributed by atoms with E-state index in [-0.39, 0.29) is 35.6 Å². The Balaban J connectivity index is 0.000000684. The molecule has 0 saturated carbocycles. The predicted octanol–water partition coefficient (Wildman–Crippen LogP) is 3.55. The van der Waals surface area contributed by atoms with Crippen molar-refractivity contribution in [3.8, 4) is 11.1 Å². The molecular weight excluding hydrogens is 571 g/mol. The van der Waals surface area contributed by atoms with Gasteiger partial charge in [-0.3, -0.25) is 0 Å². The van der Waals surface area contributed by atoms with Gasteiger partial charge in [0.2, 0.25) is 0 Å². The fourth-order valence-corrected chi connectivity index (χ4v) is 4.48. The number of halogens is 2. The van der Waals surface area contributed by atoms with E-state index in [1.807, 2.05) is 0 Å². The second kappa shape index (κ2) is 14.5. The summed E-state index contributed by atoms with van der Waals surface area (Å²) in [6.45, 7) is 26.7. The van der Waals surface area contributed by atoms with E-state index in [9.17, 15) is 0 Å². The van der Waals surface area contributed by atoms with Crippen LogP contribution < -0.4 is 24.8 Å². The fraction of sp³-hybridized carbons (Fsp3) is 0.471. The molecule has 3 aromatic rings. The maximum absolute atomic E-state index is 3.67. The molecule has 1 aliphatic rings. The van der Waals surface area contributed by atoms with Crippen molar-refractivity contribution in [1.29, 1.82) is 0 Å². The van der Waals surface area contributed by atoms with Gasteiger partial charge in [0.25, 0.3) is 0 Å². The average molecular weight is 617 g/mol. The van der Waals surface area contributed by atoms with Gasteiger partial charge in [0.05, 0.1) is 0 Å². The fourth-order valence-electron chi connectivity index (χ4n) is 4.48. The second-order valence-corrected chi connectivity index (χ2v) is 15.1. The summed E-state index contributed by atoms with van der Waals surface area (Å²) in [4.78, 5) is 0. The zero-order valence-electron chi connectivity index (χ0n) is 25.1. The third-order valence-corrected chi connectivity index (χ3v) is 6.37. The van der Waals surface area contributed by atoms with E-state index in [0.29, 0.717) is 5.92 Å². The van der Waals surface area contributed by atoms with Crippen LogP contribution in [0.3, 0.4) is 0 Å². The van der Waals surface area contributed by atoms with Gasteiger partial charge in [-0.1, -0.05) is 98.9 Å². The summed E-state index contributed by atoms with van der Waals surface area (Å²) >= 11 is 1.55. The molecule has 0 fully saturated rings. The summed E-state index contributed by atoms with van der Waals surface area (Å²) in [5.41, 5.74) is 13.0. The number of rotatable bonds is 1. The number of hydrogen-bond acceptors (Lipinski definition) is 0. The normalized spacial score (nSPS) is 11.6. The van der Waals surface area contributed by atoms with Gasteiger partial charge in [-0.25, -0.2) is 6.07 Å². The first-order chi connectivity index (χ1) is 16.0. The van der Waals surface area contributed by atoms with Crippen LogP contribution in [-0.2, 0) is 41.5 Å². The smallest absolute Gasteiger partial charge is 0.0632 e. The molecule has 202 valence electrons. The molecule has 0 amide bonds. The van der Waals surface area contributed by atoms with E-state index < -0.39 is 0 Å². The van der Waals surface area contributed by atoms with Gasteiger partial charge in [-0.2, -0.15) is 46.5 Å². The second-order valence-electron chi connectivity index (χ2n) is 12.6. The first-order valence-corrected chi connectivity index (χ1v) is 14.2. The molecule has 0 aromatic heterocycles. The van der Waals surface area contributed by atoms with Crippen LogP contribution in [0.15, 0.2) is 42.5 Å². The van der Waals surface area contributed by atoms with Crippen LogP contribution in [-0.4, -0.2) is 3.21 Å². The zero-order valence-corrected chi connectivity index (χ0v) is 29.1. The Labute approximate surface area is 255 Å². The van der Waals surface area contributed by atoms with Crippen LogP contribution in [0.4, 0.5) is 0 Å². The van der Waals surface area contributed by atoms with Crippen LogP contribution in [0.25, 0.3) is 11.1 Å². The maximum atomic E-state index is 3.67. The predicted molar refractivity (Wildman–Crippen MR) is 153 cm³/mol. The van der Waals surface area contributed by atoms with Crippen molar-refractivity contribution in [2.45, 2.75) is 106 Å². The van der Waals surface area contributed by atoms with Crippen LogP contribution in [0.1, 0.15) is 114 Å². The molecule has 1 aliphatic carbocycles. The van der Waals surface area contributed by atoms with Gasteiger partial charge < -0.3 is 24.8 Å². The largest absolute Gasteiger partial charge is 1.00 e. The third-order valence-electron chi connectivity index (χ3n) is 6.37. The summed E-state index contributed by atoms with van der Waals surface area (Å²) in [6, 6.07) is 19.7. The molecule has 3 heteroatoms. The van der Waals surface area contributed by atoms with E-state index >= 15 is 0 Å². The minimum absolute atomic E-state index is 0. The molecule has 0 N–H and O–H groups in total. The standard InChI is InChI=1S/C21H25.C10H15.C3H6.2ClH.Zr/c1-20(2,3)16-7-9-18-14(12-16)11-15-13-17(21(4,5)6)8-10-19(15)18;1-7(2)10-6-8(3)5-9(10)4;1-3-2;;;/h7-10,12H,11H2,1-6H3;5-7H,1-4H3;1-2H3;2*1H;/q2*-1;;;;+2/p-2. The van der Waals surface area contributed by atoms with Gasteiger partial charge in [-0.15, -0.1) is 11.1 Å². The van der Waals surface area contributed by atoms with Crippen molar-refractivity contribution in [3.63, 3.8) is 0 Å². The Hall–Kier alpha value is -0.877. The first-order valence-electron chi connectivity index (χ1n) is 13.0. The van der Waals surface area contributed by atoms with Crippen molar-refractivity contribution in [2.24, 2.45) is 0 Å². The Morgan fingerprint density at radius 2 is 1.41 bits per heavy atom. The minimum atomic E-state index is 0. The van der Waals surface area contributed by atoms with Crippen molar-refractivity contribution in [1.82, 2.24) is 0 Å². The van der Waals surface area contributed by atoms with Gasteiger partial charge >= 0.3 is 41.3 Å². The van der Waals surface area contributed by atoms with E-state index in [2.05, 4.69) is 132 Å². The number of aryl methyl sites for hydroxylation is 2. The van der Waals surface area contributed by atoms with E-state index in [0.717, 1.165) is 6.42 Å². The number of hydrogen-bond donors (Lipinski definition) is 0. The monoisotopic (exact) mass is 614 g/mol. The van der Waals surface area contributed by atoms with Crippen LogP contribution in [0.2, 0.25) is 0 Å².